The van der Waals surface area contributed by atoms with Crippen LogP contribution in [0.4, 0.5) is 5.69 Å². The zero-order valence-corrected chi connectivity index (χ0v) is 23.8. The molecule has 0 radical (unpaired) electrons. The Bertz CT molecular complexity index is 1620. The molecule has 40 heavy (non-hydrogen) atoms. The van der Waals surface area contributed by atoms with Crippen molar-refractivity contribution in [3.63, 3.8) is 0 Å². The summed E-state index contributed by atoms with van der Waals surface area (Å²) in [5, 5.41) is 28.5. The van der Waals surface area contributed by atoms with Gasteiger partial charge in [0.05, 0.1) is 40.2 Å². The molecule has 0 bridgehead atoms. The molecule has 2 aromatic carbocycles. The van der Waals surface area contributed by atoms with Gasteiger partial charge in [0.2, 0.25) is 0 Å². The number of nitriles is 2. The summed E-state index contributed by atoms with van der Waals surface area (Å²) in [7, 11) is 0. The highest BCUT2D eigenvalue weighted by atomic mass is 32.2. The van der Waals surface area contributed by atoms with Gasteiger partial charge in [-0.2, -0.15) is 10.5 Å². The van der Waals surface area contributed by atoms with E-state index >= 15 is 0 Å². The van der Waals surface area contributed by atoms with Crippen LogP contribution < -0.4 is 9.64 Å². The Morgan fingerprint density at radius 3 is 2.45 bits per heavy atom. The zero-order valence-electron chi connectivity index (χ0n) is 22.9. The lowest BCUT2D eigenvalue weighted by Crippen LogP contribution is -2.22. The van der Waals surface area contributed by atoms with Gasteiger partial charge in [0, 0.05) is 48.4 Å². The number of nitrogens with zero attached hydrogens (tertiary/aromatic N) is 6. The number of hydrogen-bond acceptors (Lipinski definition) is 8. The van der Waals surface area contributed by atoms with Gasteiger partial charge in [-0.1, -0.05) is 12.2 Å². The number of hydrogen-bond donors (Lipinski definition) is 1. The number of allylic oxidation sites excluding steroid dienone is 3. The number of ether oxygens (including phenoxy) is 1. The summed E-state index contributed by atoms with van der Waals surface area (Å²) in [5.41, 5.74) is 3.98. The van der Waals surface area contributed by atoms with E-state index < -0.39 is 0 Å². The standard InChI is InChI=1S/C31H31N7OS/c1-6-14-37(15-7-2)40-23-11-13-26-27(17-23)38(20-34)31(35-26)29-25(19-33)24-12-10-22(36(8-3)9-4)16-28(24)39-30(29)21(5)18-32/h6-7,10-13,16-17,20,34H,1-2,8-9,14-15H2,3-5H3/b30-21-,34-20?. The first-order chi connectivity index (χ1) is 19.4. The average Bonchev–Trinajstić information content (AvgIpc) is 3.33. The first-order valence-corrected chi connectivity index (χ1v) is 13.7. The van der Waals surface area contributed by atoms with Gasteiger partial charge in [-0.05, 0) is 63.1 Å². The van der Waals surface area contributed by atoms with Crippen molar-refractivity contribution in [2.24, 2.45) is 0 Å². The fraction of sp³-hybridized carbons (Fsp3) is 0.226. The minimum atomic E-state index is 0.263. The zero-order chi connectivity index (χ0) is 28.8. The second-order valence-electron chi connectivity index (χ2n) is 8.98. The predicted molar refractivity (Wildman–Crippen MR) is 163 cm³/mol. The molecule has 8 nitrogen and oxygen atoms in total. The summed E-state index contributed by atoms with van der Waals surface area (Å²) in [6, 6.07) is 16.1. The van der Waals surface area contributed by atoms with Crippen molar-refractivity contribution in [3.8, 4) is 17.9 Å². The Kier molecular flexibility index (Phi) is 8.90. The molecule has 4 rings (SSSR count). The molecule has 0 unspecified atom stereocenters. The molecule has 1 aliphatic rings. The van der Waals surface area contributed by atoms with Crippen molar-refractivity contribution in [2.75, 3.05) is 31.1 Å². The molecule has 0 saturated heterocycles. The smallest absolute Gasteiger partial charge is 0.153 e. The van der Waals surface area contributed by atoms with E-state index in [1.807, 2.05) is 48.6 Å². The van der Waals surface area contributed by atoms with Gasteiger partial charge in [0.25, 0.3) is 0 Å². The van der Waals surface area contributed by atoms with Crippen LogP contribution in [0, 0.1) is 28.1 Å². The quantitative estimate of drug-likeness (QED) is 0.0939. The van der Waals surface area contributed by atoms with Crippen LogP contribution in [0.3, 0.4) is 0 Å². The molecule has 202 valence electrons. The molecule has 0 aliphatic carbocycles. The molecule has 2 heterocycles. The maximum atomic E-state index is 10.4. The highest BCUT2D eigenvalue weighted by Crippen LogP contribution is 2.44. The molecular weight excluding hydrogens is 518 g/mol. The maximum Gasteiger partial charge on any atom is 0.153 e. The summed E-state index contributed by atoms with van der Waals surface area (Å²) in [5.74, 6) is 1.13. The highest BCUT2D eigenvalue weighted by Gasteiger charge is 2.31. The number of nitrogens with one attached hydrogen (secondary N) is 1. The number of benzene rings is 2. The van der Waals surface area contributed by atoms with E-state index in [0.717, 1.165) is 23.7 Å². The van der Waals surface area contributed by atoms with E-state index in [1.165, 1.54) is 6.34 Å². The third-order valence-electron chi connectivity index (χ3n) is 6.59. The fourth-order valence-electron chi connectivity index (χ4n) is 4.66. The van der Waals surface area contributed by atoms with Gasteiger partial charge in [0.1, 0.15) is 11.8 Å². The van der Waals surface area contributed by atoms with Gasteiger partial charge < -0.3 is 9.64 Å². The number of fused-ring (bicyclic) bond motifs is 2. The van der Waals surface area contributed by atoms with E-state index in [4.69, 9.17) is 15.1 Å². The van der Waals surface area contributed by atoms with Gasteiger partial charge in [-0.25, -0.2) is 9.29 Å². The Morgan fingerprint density at radius 2 is 1.85 bits per heavy atom. The second-order valence-corrected chi connectivity index (χ2v) is 10.2. The minimum Gasteiger partial charge on any atom is -0.455 e. The van der Waals surface area contributed by atoms with Crippen molar-refractivity contribution in [3.05, 3.63) is 84.4 Å². The molecule has 1 aliphatic heterocycles. The van der Waals surface area contributed by atoms with Gasteiger partial charge >= 0.3 is 0 Å². The number of imidazole rings is 1. The van der Waals surface area contributed by atoms with E-state index in [-0.39, 0.29) is 5.76 Å². The van der Waals surface area contributed by atoms with E-state index in [2.05, 4.69) is 48.3 Å². The van der Waals surface area contributed by atoms with Crippen molar-refractivity contribution in [1.29, 1.82) is 15.9 Å². The Morgan fingerprint density at radius 1 is 1.12 bits per heavy atom. The second kappa shape index (κ2) is 12.5. The van der Waals surface area contributed by atoms with E-state index in [1.54, 1.807) is 23.4 Å². The molecule has 0 atom stereocenters. The lowest BCUT2D eigenvalue weighted by molar-refractivity contribution is 0.439. The number of rotatable bonds is 11. The minimum absolute atomic E-state index is 0.263. The molecule has 0 amide bonds. The summed E-state index contributed by atoms with van der Waals surface area (Å²) >= 11 is 1.56. The topological polar surface area (TPSA) is 105 Å². The highest BCUT2D eigenvalue weighted by molar-refractivity contribution is 7.97. The molecule has 9 heteroatoms. The van der Waals surface area contributed by atoms with Gasteiger partial charge in [0.15, 0.2) is 11.6 Å². The van der Waals surface area contributed by atoms with Crippen molar-refractivity contribution in [1.82, 2.24) is 13.9 Å². The summed E-state index contributed by atoms with van der Waals surface area (Å²) in [6.07, 6.45) is 4.84. The predicted octanol–water partition coefficient (Wildman–Crippen LogP) is 6.64. The van der Waals surface area contributed by atoms with Crippen LogP contribution in [-0.2, 0) is 0 Å². The molecular formula is C31H31N7OS. The normalized spacial score (nSPS) is 13.8. The Hall–Kier alpha value is -4.57. The van der Waals surface area contributed by atoms with Crippen molar-refractivity contribution in [2.45, 2.75) is 25.7 Å². The Labute approximate surface area is 239 Å². The monoisotopic (exact) mass is 549 g/mol. The third kappa shape index (κ3) is 5.30. The van der Waals surface area contributed by atoms with E-state index in [9.17, 15) is 10.5 Å². The first-order valence-electron chi connectivity index (χ1n) is 12.9. The first kappa shape index (κ1) is 28.4. The lowest BCUT2D eigenvalue weighted by Gasteiger charge is -2.26. The molecule has 0 spiro atoms. The number of aromatic nitrogens is 2. The third-order valence-corrected chi connectivity index (χ3v) is 7.61. The maximum absolute atomic E-state index is 10.4. The Balaban J connectivity index is 1.93. The molecule has 0 fully saturated rings. The van der Waals surface area contributed by atoms with Gasteiger partial charge in [-0.15, -0.1) is 13.2 Å². The fourth-order valence-corrected chi connectivity index (χ4v) is 5.61. The van der Waals surface area contributed by atoms with Crippen molar-refractivity contribution >= 4 is 46.2 Å². The van der Waals surface area contributed by atoms with Crippen LogP contribution in [0.25, 0.3) is 22.2 Å². The molecule has 3 aromatic rings. The van der Waals surface area contributed by atoms with Crippen LogP contribution in [0.5, 0.6) is 5.75 Å². The summed E-state index contributed by atoms with van der Waals surface area (Å²) < 4.78 is 10.1. The number of anilines is 1. The molecule has 1 N–H and O–H groups in total. The van der Waals surface area contributed by atoms with Crippen LogP contribution in [0.15, 0.2) is 77.9 Å². The van der Waals surface area contributed by atoms with Crippen LogP contribution >= 0.6 is 11.9 Å². The van der Waals surface area contributed by atoms with Crippen LogP contribution in [-0.4, -0.2) is 46.4 Å². The molecule has 0 saturated carbocycles. The van der Waals surface area contributed by atoms with Crippen molar-refractivity contribution < 1.29 is 4.74 Å². The van der Waals surface area contributed by atoms with E-state index in [0.29, 0.717) is 58.0 Å². The average molecular weight is 550 g/mol. The molecule has 1 aromatic heterocycles. The summed E-state index contributed by atoms with van der Waals surface area (Å²) in [6.45, 7) is 16.5. The van der Waals surface area contributed by atoms with Crippen LogP contribution in [0.2, 0.25) is 0 Å². The largest absolute Gasteiger partial charge is 0.455 e. The van der Waals surface area contributed by atoms with Crippen LogP contribution in [0.1, 0.15) is 32.2 Å². The lowest BCUT2D eigenvalue weighted by atomic mass is 9.93. The summed E-state index contributed by atoms with van der Waals surface area (Å²) in [4.78, 5) is 7.97. The SMILES string of the molecule is C=CCN(CC=C)Sc1ccc2nc(C3=C(C#N)c4ccc(N(CC)CC)cc4O/C3=C(/C)C#N)n(C=N)c2c1. The van der Waals surface area contributed by atoms with Gasteiger partial charge in [-0.3, -0.25) is 9.98 Å².